The van der Waals surface area contributed by atoms with Crippen LogP contribution in [0.25, 0.3) is 0 Å². The van der Waals surface area contributed by atoms with Crippen LogP contribution in [0.2, 0.25) is 0 Å². The van der Waals surface area contributed by atoms with E-state index in [-0.39, 0.29) is 6.61 Å². The van der Waals surface area contributed by atoms with E-state index in [0.29, 0.717) is 18.2 Å². The molecule has 1 heterocycles. The van der Waals surface area contributed by atoms with Gasteiger partial charge in [0.05, 0.1) is 12.7 Å². The Bertz CT molecular complexity index is 463. The van der Waals surface area contributed by atoms with Gasteiger partial charge in [-0.25, -0.2) is 0 Å². The number of likely N-dealkylation sites (tertiary alicyclic amines) is 1. The van der Waals surface area contributed by atoms with Crippen molar-refractivity contribution in [1.82, 2.24) is 10.2 Å². The third-order valence-corrected chi connectivity index (χ3v) is 5.23. The molecule has 1 saturated heterocycles. The highest BCUT2D eigenvalue weighted by Gasteiger charge is 2.35. The Hall–Kier alpha value is -0.940. The van der Waals surface area contributed by atoms with Gasteiger partial charge in [-0.1, -0.05) is 30.7 Å². The summed E-state index contributed by atoms with van der Waals surface area (Å²) in [6.45, 7) is 3.29. The smallest absolute Gasteiger partial charge is 0.0710 e. The van der Waals surface area contributed by atoms with E-state index >= 15 is 0 Å². The van der Waals surface area contributed by atoms with Gasteiger partial charge < -0.3 is 15.2 Å². The Morgan fingerprint density at radius 1 is 1.18 bits per heavy atom. The van der Waals surface area contributed by atoms with E-state index in [2.05, 4.69) is 22.3 Å². The number of hydrogen-bond acceptors (Lipinski definition) is 4. The van der Waals surface area contributed by atoms with Crippen molar-refractivity contribution < 1.29 is 9.84 Å². The van der Waals surface area contributed by atoms with Crippen molar-refractivity contribution in [3.8, 4) is 0 Å². The SMILES string of the molecule is COC1CCN([C@H]2CCC[C@H]2NCc2ccc(CO)cc2)C1. The second-order valence-corrected chi connectivity index (χ2v) is 6.60. The molecular formula is C18H28N2O2. The van der Waals surface area contributed by atoms with Gasteiger partial charge in [-0.2, -0.15) is 0 Å². The fourth-order valence-corrected chi connectivity index (χ4v) is 3.87. The number of rotatable bonds is 6. The maximum Gasteiger partial charge on any atom is 0.0710 e. The van der Waals surface area contributed by atoms with Crippen LogP contribution in [0.4, 0.5) is 0 Å². The molecule has 1 aliphatic carbocycles. The number of benzene rings is 1. The van der Waals surface area contributed by atoms with Gasteiger partial charge in [0.2, 0.25) is 0 Å². The van der Waals surface area contributed by atoms with Gasteiger partial charge in [-0.3, -0.25) is 4.90 Å². The van der Waals surface area contributed by atoms with Gasteiger partial charge in [0.25, 0.3) is 0 Å². The van der Waals surface area contributed by atoms with Gasteiger partial charge >= 0.3 is 0 Å². The predicted octanol–water partition coefficient (Wildman–Crippen LogP) is 1.91. The predicted molar refractivity (Wildman–Crippen MR) is 87.6 cm³/mol. The van der Waals surface area contributed by atoms with Crippen LogP contribution in [-0.2, 0) is 17.9 Å². The minimum absolute atomic E-state index is 0.119. The van der Waals surface area contributed by atoms with Crippen LogP contribution in [0.5, 0.6) is 0 Å². The topological polar surface area (TPSA) is 44.7 Å². The average Bonchev–Trinajstić information content (AvgIpc) is 3.21. The normalized spacial score (nSPS) is 29.3. The molecule has 4 nitrogen and oxygen atoms in total. The summed E-state index contributed by atoms with van der Waals surface area (Å²) < 4.78 is 5.50. The maximum absolute atomic E-state index is 9.10. The molecule has 1 aromatic carbocycles. The molecule has 1 unspecified atom stereocenters. The number of hydrogen-bond donors (Lipinski definition) is 2. The molecule has 1 aromatic rings. The van der Waals surface area contributed by atoms with Crippen molar-refractivity contribution in [2.45, 2.75) is 57.0 Å². The Labute approximate surface area is 133 Å². The van der Waals surface area contributed by atoms with E-state index in [9.17, 15) is 0 Å². The lowest BCUT2D eigenvalue weighted by atomic mass is 10.1. The summed E-state index contributed by atoms with van der Waals surface area (Å²) in [7, 11) is 1.83. The van der Waals surface area contributed by atoms with Crippen molar-refractivity contribution in [2.24, 2.45) is 0 Å². The van der Waals surface area contributed by atoms with Crippen molar-refractivity contribution in [2.75, 3.05) is 20.2 Å². The minimum Gasteiger partial charge on any atom is -0.392 e. The number of aliphatic hydroxyl groups excluding tert-OH is 1. The molecule has 0 spiro atoms. The number of ether oxygens (including phenoxy) is 1. The van der Waals surface area contributed by atoms with Crippen molar-refractivity contribution in [1.29, 1.82) is 0 Å². The zero-order chi connectivity index (χ0) is 15.4. The van der Waals surface area contributed by atoms with Gasteiger partial charge in [0.1, 0.15) is 0 Å². The standard InChI is InChI=1S/C18H28N2O2/c1-22-16-9-10-20(12-16)18-4-2-3-17(18)19-11-14-5-7-15(13-21)8-6-14/h5-8,16-19,21H,2-4,9-13H2,1H3/t16?,17-,18+/m1/s1. The summed E-state index contributed by atoms with van der Waals surface area (Å²) >= 11 is 0. The molecule has 0 radical (unpaired) electrons. The van der Waals surface area contributed by atoms with Crippen LogP contribution in [0.3, 0.4) is 0 Å². The third-order valence-electron chi connectivity index (χ3n) is 5.23. The van der Waals surface area contributed by atoms with Gasteiger partial charge in [-0.05, 0) is 30.4 Å². The zero-order valence-corrected chi connectivity index (χ0v) is 13.5. The first kappa shape index (κ1) is 15.9. The van der Waals surface area contributed by atoms with Gasteiger partial charge in [0.15, 0.2) is 0 Å². The lowest BCUT2D eigenvalue weighted by Gasteiger charge is -2.30. The zero-order valence-electron chi connectivity index (χ0n) is 13.5. The summed E-state index contributed by atoms with van der Waals surface area (Å²) in [6, 6.07) is 9.49. The van der Waals surface area contributed by atoms with E-state index < -0.39 is 0 Å². The molecule has 22 heavy (non-hydrogen) atoms. The summed E-state index contributed by atoms with van der Waals surface area (Å²) in [5, 5.41) is 12.8. The van der Waals surface area contributed by atoms with Crippen LogP contribution in [0, 0.1) is 0 Å². The van der Waals surface area contributed by atoms with Crippen molar-refractivity contribution in [3.05, 3.63) is 35.4 Å². The second kappa shape index (κ2) is 7.55. The lowest BCUT2D eigenvalue weighted by molar-refractivity contribution is 0.0979. The van der Waals surface area contributed by atoms with E-state index in [1.165, 1.54) is 37.8 Å². The molecular weight excluding hydrogens is 276 g/mol. The van der Waals surface area contributed by atoms with E-state index in [1.807, 2.05) is 19.2 Å². The largest absolute Gasteiger partial charge is 0.392 e. The summed E-state index contributed by atoms with van der Waals surface area (Å²) in [4.78, 5) is 2.62. The molecule has 3 rings (SSSR count). The van der Waals surface area contributed by atoms with Gasteiger partial charge in [-0.15, -0.1) is 0 Å². The monoisotopic (exact) mass is 304 g/mol. The Morgan fingerprint density at radius 2 is 1.95 bits per heavy atom. The first-order chi connectivity index (χ1) is 10.8. The molecule has 4 heteroatoms. The van der Waals surface area contributed by atoms with Crippen LogP contribution in [-0.4, -0.2) is 48.4 Å². The Kier molecular flexibility index (Phi) is 5.47. The fraction of sp³-hybridized carbons (Fsp3) is 0.667. The first-order valence-electron chi connectivity index (χ1n) is 8.49. The Balaban J connectivity index is 1.52. The molecule has 1 aliphatic heterocycles. The molecule has 2 aliphatic rings. The van der Waals surface area contributed by atoms with E-state index in [4.69, 9.17) is 9.84 Å². The molecule has 0 bridgehead atoms. The average molecular weight is 304 g/mol. The molecule has 122 valence electrons. The van der Waals surface area contributed by atoms with Crippen LogP contribution < -0.4 is 5.32 Å². The third kappa shape index (κ3) is 3.69. The molecule has 0 amide bonds. The van der Waals surface area contributed by atoms with Crippen LogP contribution in [0.15, 0.2) is 24.3 Å². The van der Waals surface area contributed by atoms with Crippen molar-refractivity contribution in [3.63, 3.8) is 0 Å². The quantitative estimate of drug-likeness (QED) is 0.843. The van der Waals surface area contributed by atoms with Crippen LogP contribution in [0.1, 0.15) is 36.8 Å². The number of nitrogens with one attached hydrogen (secondary N) is 1. The minimum atomic E-state index is 0.119. The maximum atomic E-state index is 9.10. The second-order valence-electron chi connectivity index (χ2n) is 6.60. The molecule has 2 fully saturated rings. The molecule has 0 aromatic heterocycles. The molecule has 3 atom stereocenters. The summed E-state index contributed by atoms with van der Waals surface area (Å²) in [5.74, 6) is 0. The number of methoxy groups -OCH3 is 1. The molecule has 1 saturated carbocycles. The van der Waals surface area contributed by atoms with E-state index in [1.54, 1.807) is 0 Å². The highest BCUT2D eigenvalue weighted by molar-refractivity contribution is 5.22. The first-order valence-corrected chi connectivity index (χ1v) is 8.49. The van der Waals surface area contributed by atoms with Crippen molar-refractivity contribution >= 4 is 0 Å². The number of nitrogens with zero attached hydrogens (tertiary/aromatic N) is 1. The lowest BCUT2D eigenvalue weighted by Crippen LogP contribution is -2.46. The van der Waals surface area contributed by atoms with E-state index in [0.717, 1.165) is 18.7 Å². The summed E-state index contributed by atoms with van der Waals surface area (Å²) in [6.07, 6.45) is 5.49. The highest BCUT2D eigenvalue weighted by atomic mass is 16.5. The highest BCUT2D eigenvalue weighted by Crippen LogP contribution is 2.28. The van der Waals surface area contributed by atoms with Gasteiger partial charge in [0, 0.05) is 38.8 Å². The fourth-order valence-electron chi connectivity index (χ4n) is 3.87. The summed E-state index contributed by atoms with van der Waals surface area (Å²) in [5.41, 5.74) is 2.27. The van der Waals surface area contributed by atoms with Crippen LogP contribution >= 0.6 is 0 Å². The Morgan fingerprint density at radius 3 is 2.64 bits per heavy atom. The molecule has 2 N–H and O–H groups in total. The number of aliphatic hydroxyl groups is 1.